The van der Waals surface area contributed by atoms with Crippen molar-refractivity contribution in [1.82, 2.24) is 15.5 Å². The van der Waals surface area contributed by atoms with E-state index in [-0.39, 0.29) is 11.9 Å². The minimum Gasteiger partial charge on any atom is -0.381 e. The van der Waals surface area contributed by atoms with Crippen LogP contribution < -0.4 is 10.6 Å². The minimum absolute atomic E-state index is 0.0908. The van der Waals surface area contributed by atoms with Gasteiger partial charge in [-0.05, 0) is 51.6 Å². The highest BCUT2D eigenvalue weighted by atomic mass is 19.1. The number of guanidine groups is 1. The van der Waals surface area contributed by atoms with Crippen molar-refractivity contribution < 1.29 is 13.9 Å². The summed E-state index contributed by atoms with van der Waals surface area (Å²) in [6.07, 6.45) is 2.03. The molecule has 7 heteroatoms. The van der Waals surface area contributed by atoms with E-state index >= 15 is 0 Å². The summed E-state index contributed by atoms with van der Waals surface area (Å²) in [5.41, 5.74) is 1.05. The van der Waals surface area contributed by atoms with Gasteiger partial charge in [0.2, 0.25) is 0 Å². The molecule has 1 aromatic carbocycles. The molecule has 1 aliphatic heterocycles. The quantitative estimate of drug-likeness (QED) is 0.343. The van der Waals surface area contributed by atoms with E-state index in [0.717, 1.165) is 63.9 Å². The smallest absolute Gasteiger partial charge is 0.191 e. The lowest BCUT2D eigenvalue weighted by Gasteiger charge is -2.23. The molecule has 6 nitrogen and oxygen atoms in total. The van der Waals surface area contributed by atoms with Gasteiger partial charge in [0, 0.05) is 32.2 Å². The van der Waals surface area contributed by atoms with E-state index in [2.05, 4.69) is 15.5 Å². The highest BCUT2D eigenvalue weighted by Crippen LogP contribution is 2.19. The van der Waals surface area contributed by atoms with Gasteiger partial charge in [-0.1, -0.05) is 12.1 Å². The molecule has 1 aromatic rings. The van der Waals surface area contributed by atoms with Crippen molar-refractivity contribution in [3.63, 3.8) is 0 Å². The largest absolute Gasteiger partial charge is 0.381 e. The highest BCUT2D eigenvalue weighted by Gasteiger charge is 2.15. The molecule has 1 aliphatic rings. The molecule has 28 heavy (non-hydrogen) atoms. The van der Waals surface area contributed by atoms with Crippen LogP contribution in [0.25, 0.3) is 0 Å². The predicted molar refractivity (Wildman–Crippen MR) is 111 cm³/mol. The summed E-state index contributed by atoms with van der Waals surface area (Å²) in [7, 11) is 4.02. The number of hydrogen-bond donors (Lipinski definition) is 2. The first kappa shape index (κ1) is 22.6. The van der Waals surface area contributed by atoms with E-state index in [1.54, 1.807) is 0 Å². The molecule has 1 heterocycles. The second-order valence-corrected chi connectivity index (χ2v) is 7.34. The van der Waals surface area contributed by atoms with E-state index < -0.39 is 0 Å². The zero-order valence-corrected chi connectivity index (χ0v) is 17.4. The van der Waals surface area contributed by atoms with Crippen LogP contribution in [0.5, 0.6) is 0 Å². The summed E-state index contributed by atoms with van der Waals surface area (Å²) >= 11 is 0. The van der Waals surface area contributed by atoms with Crippen LogP contribution in [0.2, 0.25) is 0 Å². The topological polar surface area (TPSA) is 58.1 Å². The number of rotatable bonds is 11. The molecule has 1 saturated heterocycles. The Bertz CT molecular complexity index is 574. The third-order valence-electron chi connectivity index (χ3n) is 4.78. The number of nitrogens with zero attached hydrogens (tertiary/aromatic N) is 2. The Balaban J connectivity index is 1.76. The number of halogens is 1. The average Bonchev–Trinajstić information content (AvgIpc) is 3.19. The third kappa shape index (κ3) is 8.12. The summed E-state index contributed by atoms with van der Waals surface area (Å²) in [5, 5.41) is 6.64. The maximum absolute atomic E-state index is 13.2. The molecule has 0 bridgehead atoms. The minimum atomic E-state index is -0.220. The van der Waals surface area contributed by atoms with E-state index in [9.17, 15) is 4.39 Å². The second-order valence-electron chi connectivity index (χ2n) is 7.34. The van der Waals surface area contributed by atoms with Gasteiger partial charge >= 0.3 is 0 Å². The normalized spacial score (nSPS) is 18.5. The summed E-state index contributed by atoms with van der Waals surface area (Å²) in [6.45, 7) is 7.46. The van der Waals surface area contributed by atoms with Crippen molar-refractivity contribution in [3.05, 3.63) is 35.6 Å². The second kappa shape index (κ2) is 12.7. The van der Waals surface area contributed by atoms with Crippen LogP contribution in [0, 0.1) is 11.7 Å². The Morgan fingerprint density at radius 2 is 2.11 bits per heavy atom. The lowest BCUT2D eigenvalue weighted by atomic mass is 10.1. The fourth-order valence-corrected chi connectivity index (χ4v) is 3.12. The molecule has 0 spiro atoms. The number of likely N-dealkylation sites (N-methyl/N-ethyl adjacent to an activating group) is 1. The van der Waals surface area contributed by atoms with Crippen LogP contribution in [0.3, 0.4) is 0 Å². The van der Waals surface area contributed by atoms with Crippen LogP contribution >= 0.6 is 0 Å². The number of hydrogen-bond acceptors (Lipinski definition) is 4. The summed E-state index contributed by atoms with van der Waals surface area (Å²) in [4.78, 5) is 6.81. The Morgan fingerprint density at radius 1 is 1.32 bits per heavy atom. The van der Waals surface area contributed by atoms with Crippen molar-refractivity contribution in [2.45, 2.75) is 25.8 Å². The monoisotopic (exact) mass is 394 g/mol. The number of benzene rings is 1. The Labute approximate surface area is 168 Å². The van der Waals surface area contributed by atoms with Crippen molar-refractivity contribution >= 4 is 5.96 Å². The lowest BCUT2D eigenvalue weighted by molar-refractivity contribution is 0.0888. The van der Waals surface area contributed by atoms with E-state index in [1.165, 1.54) is 12.1 Å². The molecule has 2 rings (SSSR count). The summed E-state index contributed by atoms with van der Waals surface area (Å²) in [5.74, 6) is 1.13. The molecule has 158 valence electrons. The Hall–Kier alpha value is -1.70. The van der Waals surface area contributed by atoms with E-state index in [4.69, 9.17) is 14.5 Å². The van der Waals surface area contributed by atoms with Gasteiger partial charge in [0.15, 0.2) is 5.96 Å². The first-order valence-electron chi connectivity index (χ1n) is 10.2. The third-order valence-corrected chi connectivity index (χ3v) is 4.78. The van der Waals surface area contributed by atoms with Crippen LogP contribution in [-0.4, -0.2) is 71.0 Å². The summed E-state index contributed by atoms with van der Waals surface area (Å²) in [6, 6.07) is 6.73. The molecule has 2 unspecified atom stereocenters. The van der Waals surface area contributed by atoms with Gasteiger partial charge in [-0.25, -0.2) is 4.39 Å². The van der Waals surface area contributed by atoms with Crippen molar-refractivity contribution in [2.75, 3.05) is 60.2 Å². The van der Waals surface area contributed by atoms with Crippen molar-refractivity contribution in [1.29, 1.82) is 0 Å². The van der Waals surface area contributed by atoms with Gasteiger partial charge in [0.05, 0.1) is 25.8 Å². The maximum atomic E-state index is 13.2. The predicted octanol–water partition coefficient (Wildman–Crippen LogP) is 2.43. The molecule has 0 amide bonds. The molecular weight excluding hydrogens is 359 g/mol. The van der Waals surface area contributed by atoms with Crippen LogP contribution in [0.4, 0.5) is 4.39 Å². The van der Waals surface area contributed by atoms with Gasteiger partial charge < -0.3 is 25.0 Å². The van der Waals surface area contributed by atoms with Crippen LogP contribution in [0.1, 0.15) is 31.4 Å². The zero-order valence-electron chi connectivity index (χ0n) is 17.4. The molecule has 0 radical (unpaired) electrons. The average molecular weight is 395 g/mol. The van der Waals surface area contributed by atoms with Gasteiger partial charge in [-0.2, -0.15) is 0 Å². The molecule has 0 saturated carbocycles. The molecule has 2 atom stereocenters. The van der Waals surface area contributed by atoms with E-state index in [1.807, 2.05) is 33.2 Å². The van der Waals surface area contributed by atoms with E-state index in [0.29, 0.717) is 12.5 Å². The highest BCUT2D eigenvalue weighted by molar-refractivity contribution is 5.79. The molecule has 0 aromatic heterocycles. The summed E-state index contributed by atoms with van der Waals surface area (Å²) < 4.78 is 24.3. The first-order valence-corrected chi connectivity index (χ1v) is 10.2. The Kier molecular flexibility index (Phi) is 10.2. The molecule has 0 aliphatic carbocycles. The van der Waals surface area contributed by atoms with Gasteiger partial charge in [-0.15, -0.1) is 0 Å². The van der Waals surface area contributed by atoms with Gasteiger partial charge in [0.1, 0.15) is 5.82 Å². The maximum Gasteiger partial charge on any atom is 0.191 e. The standard InChI is InChI=1S/C21H35FN4O2/c1-4-23-21(24-11-5-12-27-15-17-10-13-28-16-17)25-14-20(26(2)3)18-6-8-19(22)9-7-18/h6-9,17,20H,4-5,10-16H2,1-3H3,(H2,23,24,25). The zero-order chi connectivity index (χ0) is 20.2. The van der Waals surface area contributed by atoms with Crippen LogP contribution in [0.15, 0.2) is 29.3 Å². The lowest BCUT2D eigenvalue weighted by Crippen LogP contribution is -2.38. The first-order chi connectivity index (χ1) is 13.6. The van der Waals surface area contributed by atoms with Crippen LogP contribution in [-0.2, 0) is 9.47 Å². The van der Waals surface area contributed by atoms with Gasteiger partial charge in [0.25, 0.3) is 0 Å². The number of nitrogens with one attached hydrogen (secondary N) is 2. The molecule has 1 fully saturated rings. The van der Waals surface area contributed by atoms with Crippen molar-refractivity contribution in [2.24, 2.45) is 10.9 Å². The number of ether oxygens (including phenoxy) is 2. The SMILES string of the molecule is CCNC(=NCC(c1ccc(F)cc1)N(C)C)NCCCOCC1CCOC1. The fourth-order valence-electron chi connectivity index (χ4n) is 3.12. The molecular formula is C21H35FN4O2. The molecule has 2 N–H and O–H groups in total. The fraction of sp³-hybridized carbons (Fsp3) is 0.667. The van der Waals surface area contributed by atoms with Crippen molar-refractivity contribution in [3.8, 4) is 0 Å². The number of aliphatic imine (C=N–C) groups is 1. The van der Waals surface area contributed by atoms with Gasteiger partial charge in [-0.3, -0.25) is 4.99 Å². The Morgan fingerprint density at radius 3 is 2.75 bits per heavy atom.